The fraction of sp³-hybridized carbons (Fsp3) is 0.467. The van der Waals surface area contributed by atoms with E-state index in [2.05, 4.69) is 17.6 Å². The zero-order valence-corrected chi connectivity index (χ0v) is 14.6. The molecule has 1 amide bonds. The van der Waals surface area contributed by atoms with Crippen LogP contribution in [0.5, 0.6) is 0 Å². The molecule has 1 aromatic rings. The first-order valence-corrected chi connectivity index (χ1v) is 8.29. The van der Waals surface area contributed by atoms with Crippen LogP contribution >= 0.6 is 12.2 Å². The molecule has 0 aliphatic heterocycles. The van der Waals surface area contributed by atoms with Gasteiger partial charge in [-0.3, -0.25) is 30.3 Å². The lowest BCUT2D eigenvalue weighted by molar-refractivity contribution is -0.394. The summed E-state index contributed by atoms with van der Waals surface area (Å²) in [4.78, 5) is 32.2. The monoisotopic (exact) mass is 368 g/mol. The Hall–Kier alpha value is -2.62. The molecular formula is C15H20N4O5S. The van der Waals surface area contributed by atoms with E-state index in [-0.39, 0.29) is 10.7 Å². The highest BCUT2D eigenvalue weighted by Gasteiger charge is 2.20. The average Bonchev–Trinajstić information content (AvgIpc) is 2.57. The maximum Gasteiger partial charge on any atom is 0.277 e. The molecule has 9 nitrogen and oxygen atoms in total. The Balaban J connectivity index is 2.63. The second-order valence-corrected chi connectivity index (χ2v) is 5.78. The lowest BCUT2D eigenvalue weighted by Gasteiger charge is -2.09. The van der Waals surface area contributed by atoms with Crippen molar-refractivity contribution in [2.75, 3.05) is 6.54 Å². The number of nitro benzene ring substituents is 2. The van der Waals surface area contributed by atoms with Gasteiger partial charge in [-0.2, -0.15) is 0 Å². The number of rotatable bonds is 9. The van der Waals surface area contributed by atoms with Gasteiger partial charge >= 0.3 is 0 Å². The second-order valence-electron chi connectivity index (χ2n) is 5.38. The van der Waals surface area contributed by atoms with Crippen molar-refractivity contribution in [1.82, 2.24) is 10.6 Å². The number of nitrogens with one attached hydrogen (secondary N) is 2. The Bertz CT molecular complexity index is 633. The fourth-order valence-corrected chi connectivity index (χ4v) is 2.28. The molecule has 0 aromatic heterocycles. The van der Waals surface area contributed by atoms with E-state index in [0.717, 1.165) is 43.9 Å². The number of carbonyl (C=O) groups excluding carboxylic acids is 1. The van der Waals surface area contributed by atoms with E-state index in [0.29, 0.717) is 6.54 Å². The van der Waals surface area contributed by atoms with Gasteiger partial charge in [0.25, 0.3) is 17.3 Å². The minimum Gasteiger partial charge on any atom is -0.362 e. The molecule has 1 rings (SSSR count). The highest BCUT2D eigenvalue weighted by Crippen LogP contribution is 2.22. The van der Waals surface area contributed by atoms with Crippen molar-refractivity contribution in [3.8, 4) is 0 Å². The quantitative estimate of drug-likeness (QED) is 0.297. The van der Waals surface area contributed by atoms with Gasteiger partial charge in [0.1, 0.15) is 0 Å². The Morgan fingerprint density at radius 3 is 2.12 bits per heavy atom. The van der Waals surface area contributed by atoms with Gasteiger partial charge in [0.05, 0.1) is 21.5 Å². The molecule has 0 aliphatic carbocycles. The van der Waals surface area contributed by atoms with E-state index >= 15 is 0 Å². The maximum absolute atomic E-state index is 12.1. The van der Waals surface area contributed by atoms with Gasteiger partial charge in [0.2, 0.25) is 0 Å². The molecule has 0 unspecified atom stereocenters. The van der Waals surface area contributed by atoms with E-state index in [1.165, 1.54) is 6.42 Å². The molecule has 25 heavy (non-hydrogen) atoms. The summed E-state index contributed by atoms with van der Waals surface area (Å²) in [7, 11) is 0. The normalized spacial score (nSPS) is 10.1. The van der Waals surface area contributed by atoms with Crippen molar-refractivity contribution >= 4 is 34.6 Å². The zero-order chi connectivity index (χ0) is 18.8. The van der Waals surface area contributed by atoms with Crippen LogP contribution in [0.15, 0.2) is 18.2 Å². The molecule has 0 saturated carbocycles. The number of hydrogen-bond donors (Lipinski definition) is 2. The largest absolute Gasteiger partial charge is 0.362 e. The number of hydrogen-bond acceptors (Lipinski definition) is 6. The van der Waals surface area contributed by atoms with E-state index < -0.39 is 27.1 Å². The number of non-ortho nitro benzene ring substituents is 2. The lowest BCUT2D eigenvalue weighted by atomic mass is 10.1. The number of benzene rings is 1. The Labute approximate surface area is 150 Å². The molecule has 10 heteroatoms. The number of thiocarbonyl (C=S) groups is 1. The number of carbonyl (C=O) groups is 1. The predicted molar refractivity (Wildman–Crippen MR) is 96.6 cm³/mol. The topological polar surface area (TPSA) is 127 Å². The average molecular weight is 368 g/mol. The Kier molecular flexibility index (Phi) is 8.40. The first kappa shape index (κ1) is 20.4. The van der Waals surface area contributed by atoms with Gasteiger partial charge in [-0.15, -0.1) is 0 Å². The van der Waals surface area contributed by atoms with E-state index in [1.54, 1.807) is 0 Å². The highest BCUT2D eigenvalue weighted by atomic mass is 32.1. The molecule has 136 valence electrons. The van der Waals surface area contributed by atoms with Crippen molar-refractivity contribution in [3.63, 3.8) is 0 Å². The summed E-state index contributed by atoms with van der Waals surface area (Å²) in [5.74, 6) is -0.740. The SMILES string of the molecule is CCCCCCCNC(=S)NC(=O)c1cc([N+](=O)[O-])cc([N+](=O)[O-])c1. The summed E-state index contributed by atoms with van der Waals surface area (Å²) in [6.45, 7) is 2.72. The minimum absolute atomic E-state index is 0.0784. The van der Waals surface area contributed by atoms with Crippen LogP contribution in [0.1, 0.15) is 49.4 Å². The van der Waals surface area contributed by atoms with Gasteiger partial charge in [-0.05, 0) is 18.6 Å². The Morgan fingerprint density at radius 2 is 1.60 bits per heavy atom. The number of unbranched alkanes of at least 4 members (excludes halogenated alkanes) is 4. The minimum atomic E-state index is -0.795. The standard InChI is InChI=1S/C15H20N4O5S/c1-2-3-4-5-6-7-16-15(25)17-14(20)11-8-12(18(21)22)10-13(9-11)19(23)24/h8-10H,2-7H2,1H3,(H2,16,17,20,25). The first-order valence-electron chi connectivity index (χ1n) is 7.88. The summed E-state index contributed by atoms with van der Waals surface area (Å²) in [6.07, 6.45) is 5.41. The first-order chi connectivity index (χ1) is 11.8. The van der Waals surface area contributed by atoms with Crippen LogP contribution in [-0.4, -0.2) is 27.4 Å². The molecule has 0 aliphatic rings. The van der Waals surface area contributed by atoms with Crippen molar-refractivity contribution in [2.45, 2.75) is 39.0 Å². The molecule has 2 N–H and O–H groups in total. The van der Waals surface area contributed by atoms with Crippen LogP contribution in [0.4, 0.5) is 11.4 Å². The predicted octanol–water partition coefficient (Wildman–Crippen LogP) is 3.08. The third kappa shape index (κ3) is 7.21. The van der Waals surface area contributed by atoms with Gasteiger partial charge in [0.15, 0.2) is 5.11 Å². The molecule has 1 aromatic carbocycles. The third-order valence-electron chi connectivity index (χ3n) is 3.38. The van der Waals surface area contributed by atoms with Crippen molar-refractivity contribution < 1.29 is 14.6 Å². The fourth-order valence-electron chi connectivity index (χ4n) is 2.09. The van der Waals surface area contributed by atoms with E-state index in [4.69, 9.17) is 12.2 Å². The van der Waals surface area contributed by atoms with Crippen LogP contribution in [0.2, 0.25) is 0 Å². The van der Waals surface area contributed by atoms with Crippen molar-refractivity contribution in [2.24, 2.45) is 0 Å². The smallest absolute Gasteiger partial charge is 0.277 e. The summed E-state index contributed by atoms with van der Waals surface area (Å²) in [6, 6.07) is 2.73. The summed E-state index contributed by atoms with van der Waals surface area (Å²) < 4.78 is 0. The molecule has 0 atom stereocenters. The Morgan fingerprint density at radius 1 is 1.04 bits per heavy atom. The van der Waals surface area contributed by atoms with Crippen LogP contribution in [0.25, 0.3) is 0 Å². The van der Waals surface area contributed by atoms with Crippen molar-refractivity contribution in [1.29, 1.82) is 0 Å². The maximum atomic E-state index is 12.1. The number of nitrogens with zero attached hydrogens (tertiary/aromatic N) is 2. The lowest BCUT2D eigenvalue weighted by Crippen LogP contribution is -2.39. The molecule has 0 spiro atoms. The van der Waals surface area contributed by atoms with Gasteiger partial charge in [-0.25, -0.2) is 0 Å². The van der Waals surface area contributed by atoms with Crippen LogP contribution in [0.3, 0.4) is 0 Å². The summed E-state index contributed by atoms with van der Waals surface area (Å²) in [5, 5.41) is 27.0. The molecule has 0 heterocycles. The van der Waals surface area contributed by atoms with Crippen LogP contribution in [0, 0.1) is 20.2 Å². The second kappa shape index (κ2) is 10.3. The summed E-state index contributed by atoms with van der Waals surface area (Å²) >= 11 is 4.99. The summed E-state index contributed by atoms with van der Waals surface area (Å²) in [5.41, 5.74) is -1.27. The van der Waals surface area contributed by atoms with Gasteiger partial charge < -0.3 is 5.32 Å². The molecule has 0 fully saturated rings. The zero-order valence-electron chi connectivity index (χ0n) is 13.8. The van der Waals surface area contributed by atoms with E-state index in [9.17, 15) is 25.0 Å². The van der Waals surface area contributed by atoms with Gasteiger partial charge in [-0.1, -0.05) is 32.6 Å². The highest BCUT2D eigenvalue weighted by molar-refractivity contribution is 7.80. The number of amides is 1. The van der Waals surface area contributed by atoms with Crippen molar-refractivity contribution in [3.05, 3.63) is 44.0 Å². The van der Waals surface area contributed by atoms with E-state index in [1.807, 2.05) is 0 Å². The molecular weight excluding hydrogens is 348 g/mol. The molecule has 0 saturated heterocycles. The van der Waals surface area contributed by atoms with Crippen LogP contribution in [-0.2, 0) is 0 Å². The van der Waals surface area contributed by atoms with Crippen LogP contribution < -0.4 is 10.6 Å². The van der Waals surface area contributed by atoms with Gasteiger partial charge in [0, 0.05) is 18.7 Å². The molecule has 0 bridgehead atoms. The number of nitro groups is 2. The molecule has 0 radical (unpaired) electrons. The third-order valence-corrected chi connectivity index (χ3v) is 3.63.